The Bertz CT molecular complexity index is 1010. The Morgan fingerprint density at radius 3 is 2.50 bits per heavy atom. The van der Waals surface area contributed by atoms with Crippen molar-refractivity contribution in [3.63, 3.8) is 0 Å². The van der Waals surface area contributed by atoms with Gasteiger partial charge in [0.05, 0.1) is 17.3 Å². The third-order valence-corrected chi connectivity index (χ3v) is 6.56. The Hall–Kier alpha value is -2.76. The van der Waals surface area contributed by atoms with Crippen LogP contribution in [-0.4, -0.2) is 57.2 Å². The monoisotopic (exact) mass is 441 g/mol. The lowest BCUT2D eigenvalue weighted by Crippen LogP contribution is -2.46. The number of nitrogens with one attached hydrogen (secondary N) is 1. The first-order valence-corrected chi connectivity index (χ1v) is 10.3. The number of fused-ring (bicyclic) bond motifs is 1. The average molecular weight is 441 g/mol. The number of nitrogens with zero attached hydrogens (tertiary/aromatic N) is 3. The van der Waals surface area contributed by atoms with Gasteiger partial charge in [-0.1, -0.05) is 0 Å². The summed E-state index contributed by atoms with van der Waals surface area (Å²) in [6, 6.07) is 2.15. The van der Waals surface area contributed by atoms with Gasteiger partial charge in [-0.15, -0.1) is 20.2 Å². The number of aryl methyl sites for hydroxylation is 1. The molecule has 0 amide bonds. The van der Waals surface area contributed by atoms with Gasteiger partial charge in [0, 0.05) is 6.54 Å². The van der Waals surface area contributed by atoms with E-state index in [0.29, 0.717) is 4.31 Å². The molecule has 1 aromatic carbocycles. The highest BCUT2D eigenvalue weighted by Crippen LogP contribution is 2.33. The number of primary sulfonamides is 1. The third kappa shape index (κ3) is 4.74. The maximum atomic E-state index is 12.8. The van der Waals surface area contributed by atoms with Crippen LogP contribution >= 0.6 is 0 Å². The lowest BCUT2D eigenvalue weighted by molar-refractivity contribution is -0.789. The van der Waals surface area contributed by atoms with Gasteiger partial charge < -0.3 is 15.0 Å². The molecule has 0 bridgehead atoms. The van der Waals surface area contributed by atoms with Crippen molar-refractivity contribution < 1.29 is 36.7 Å². The van der Waals surface area contributed by atoms with Crippen LogP contribution in [0.3, 0.4) is 0 Å². The van der Waals surface area contributed by atoms with Crippen LogP contribution in [0.5, 0.6) is 0 Å². The van der Waals surface area contributed by atoms with Crippen LogP contribution in [0.4, 0.5) is 5.69 Å². The molecule has 156 valence electrons. The fraction of sp³-hybridized carbons (Fsp3) is 0.455. The first kappa shape index (κ1) is 21.5. The van der Waals surface area contributed by atoms with Gasteiger partial charge in [0.15, 0.2) is 0 Å². The van der Waals surface area contributed by atoms with E-state index in [-0.39, 0.29) is 17.9 Å². The van der Waals surface area contributed by atoms with E-state index in [1.54, 1.807) is 0 Å². The number of hydrogen-bond donors (Lipinski definition) is 2. The number of sulfonamides is 2. The summed E-state index contributed by atoms with van der Waals surface area (Å²) in [5.74, 6) is 0. The summed E-state index contributed by atoms with van der Waals surface area (Å²) in [4.78, 5) is 28.2. The quantitative estimate of drug-likeness (QED) is 0.361. The van der Waals surface area contributed by atoms with Gasteiger partial charge in [0.25, 0.3) is 10.2 Å². The van der Waals surface area contributed by atoms with E-state index in [2.05, 4.69) is 15.0 Å². The van der Waals surface area contributed by atoms with Crippen LogP contribution in [0.15, 0.2) is 21.9 Å². The van der Waals surface area contributed by atoms with E-state index >= 15 is 0 Å². The molecule has 15 nitrogen and oxygen atoms in total. The Morgan fingerprint density at radius 1 is 1.32 bits per heavy atom. The minimum absolute atomic E-state index is 0.106. The van der Waals surface area contributed by atoms with Crippen LogP contribution in [0.1, 0.15) is 5.56 Å². The second kappa shape index (κ2) is 7.70. The van der Waals surface area contributed by atoms with Crippen LogP contribution in [-0.2, 0) is 29.7 Å². The molecule has 0 saturated carbocycles. The molecular weight excluding hydrogens is 426 g/mol. The van der Waals surface area contributed by atoms with Crippen molar-refractivity contribution in [2.24, 2.45) is 5.14 Å². The summed E-state index contributed by atoms with van der Waals surface area (Å²) in [6.07, 6.45) is -1.61. The smallest absolute Gasteiger partial charge is 0.294 e. The molecule has 1 aliphatic heterocycles. The zero-order chi connectivity index (χ0) is 21.3. The molecule has 3 N–H and O–H groups in total. The van der Waals surface area contributed by atoms with Crippen molar-refractivity contribution in [2.45, 2.75) is 22.8 Å². The lowest BCUT2D eigenvalue weighted by atomic mass is 10.2. The lowest BCUT2D eigenvalue weighted by Gasteiger charge is -2.31. The van der Waals surface area contributed by atoms with Crippen LogP contribution in [0.2, 0.25) is 0 Å². The third-order valence-electron chi connectivity index (χ3n) is 3.66. The largest absolute Gasteiger partial charge is 0.370 e. The van der Waals surface area contributed by atoms with E-state index in [0.717, 1.165) is 6.07 Å². The minimum atomic E-state index is -4.33. The second-order valence-corrected chi connectivity index (χ2v) is 9.04. The summed E-state index contributed by atoms with van der Waals surface area (Å²) >= 11 is 0. The van der Waals surface area contributed by atoms with Gasteiger partial charge in [0.1, 0.15) is 17.6 Å². The van der Waals surface area contributed by atoms with Crippen molar-refractivity contribution in [1.82, 2.24) is 4.31 Å². The molecule has 0 aliphatic carbocycles. The van der Waals surface area contributed by atoms with Crippen LogP contribution in [0.25, 0.3) is 0 Å². The number of benzene rings is 1. The number of hydrogen-bond acceptors (Lipinski definition) is 11. The Morgan fingerprint density at radius 2 is 1.96 bits per heavy atom. The summed E-state index contributed by atoms with van der Waals surface area (Å²) in [7, 11) is -8.54. The van der Waals surface area contributed by atoms with Gasteiger partial charge >= 0.3 is 0 Å². The van der Waals surface area contributed by atoms with Crippen LogP contribution < -0.4 is 10.5 Å². The maximum Gasteiger partial charge on any atom is 0.294 e. The number of nitrogens with two attached hydrogens (primary N) is 1. The van der Waals surface area contributed by atoms with Gasteiger partial charge in [0.2, 0.25) is 20.0 Å². The summed E-state index contributed by atoms with van der Waals surface area (Å²) in [5, 5.41) is 26.2. The number of anilines is 1. The molecule has 1 unspecified atom stereocenters. The standard InChI is InChI=1S/C11H15N5O10S2/c1-7-2-9-11(3-10(7)27(12,21)22)28(23,24)14(6-13-9)4-8(26-16(19)20)5-25-15(17)18/h2-3,8,13H,4-6H2,1H3,(H2,12,21,22). The molecule has 1 heterocycles. The second-order valence-electron chi connectivity index (χ2n) is 5.60. The first-order chi connectivity index (χ1) is 12.8. The SMILES string of the molecule is Cc1cc2c(cc1S(N)(=O)=O)S(=O)(=O)N(CC(CO[N+](=O)[O-])O[N+](=O)[O-])CN2. The van der Waals surface area contributed by atoms with E-state index in [1.165, 1.54) is 13.0 Å². The molecule has 28 heavy (non-hydrogen) atoms. The molecule has 0 spiro atoms. The normalized spacial score (nSPS) is 17.1. The van der Waals surface area contributed by atoms with Crippen molar-refractivity contribution in [3.05, 3.63) is 37.9 Å². The highest BCUT2D eigenvalue weighted by Gasteiger charge is 2.35. The topological polar surface area (TPSA) is 214 Å². The van der Waals surface area contributed by atoms with Crippen LogP contribution in [0, 0.1) is 27.2 Å². The molecule has 1 aliphatic rings. The molecule has 1 atom stereocenters. The Labute approximate surface area is 158 Å². The van der Waals surface area contributed by atoms with Gasteiger partial charge in [-0.3, -0.25) is 0 Å². The highest BCUT2D eigenvalue weighted by atomic mass is 32.2. The first-order valence-electron chi connectivity index (χ1n) is 7.32. The summed E-state index contributed by atoms with van der Waals surface area (Å²) < 4.78 is 49.6. The average Bonchev–Trinajstić information content (AvgIpc) is 2.53. The maximum absolute atomic E-state index is 12.8. The Kier molecular flexibility index (Phi) is 5.92. The van der Waals surface area contributed by atoms with Crippen molar-refractivity contribution >= 4 is 25.7 Å². The molecule has 0 fully saturated rings. The number of rotatable bonds is 8. The predicted octanol–water partition coefficient (Wildman–Crippen LogP) is -1.20. The van der Waals surface area contributed by atoms with Crippen molar-refractivity contribution in [3.8, 4) is 0 Å². The molecule has 17 heteroatoms. The molecule has 1 aromatic rings. The van der Waals surface area contributed by atoms with Gasteiger partial charge in [-0.05, 0) is 24.6 Å². The van der Waals surface area contributed by atoms with E-state index in [9.17, 15) is 37.1 Å². The molecule has 0 aromatic heterocycles. The van der Waals surface area contributed by atoms with E-state index in [1.807, 2.05) is 0 Å². The van der Waals surface area contributed by atoms with E-state index in [4.69, 9.17) is 5.14 Å². The minimum Gasteiger partial charge on any atom is -0.370 e. The molecule has 2 rings (SSSR count). The molecule has 0 radical (unpaired) electrons. The summed E-state index contributed by atoms with van der Waals surface area (Å²) in [6.45, 7) is -0.499. The molecule has 0 saturated heterocycles. The fourth-order valence-electron chi connectivity index (χ4n) is 2.50. The fourth-order valence-corrected chi connectivity index (χ4v) is 4.91. The zero-order valence-corrected chi connectivity index (χ0v) is 15.8. The zero-order valence-electron chi connectivity index (χ0n) is 14.2. The van der Waals surface area contributed by atoms with E-state index < -0.39 is 59.3 Å². The molecular formula is C11H15N5O10S2. The van der Waals surface area contributed by atoms with Gasteiger partial charge in [-0.25, -0.2) is 22.0 Å². The Balaban J connectivity index is 2.37. The van der Waals surface area contributed by atoms with Gasteiger partial charge in [-0.2, -0.15) is 4.31 Å². The predicted molar refractivity (Wildman–Crippen MR) is 89.7 cm³/mol. The van der Waals surface area contributed by atoms with Crippen molar-refractivity contribution in [1.29, 1.82) is 0 Å². The van der Waals surface area contributed by atoms with Crippen molar-refractivity contribution in [2.75, 3.05) is 25.1 Å². The highest BCUT2D eigenvalue weighted by molar-refractivity contribution is 7.90. The summed E-state index contributed by atoms with van der Waals surface area (Å²) in [5.41, 5.74) is 0.320.